The fourth-order valence-corrected chi connectivity index (χ4v) is 2.10. The molecular formula is C14H15BrClN3O. The van der Waals surface area contributed by atoms with E-state index in [1.807, 2.05) is 13.0 Å². The molecule has 1 heterocycles. The van der Waals surface area contributed by atoms with Gasteiger partial charge in [0.05, 0.1) is 5.02 Å². The molecule has 6 heteroatoms. The maximum atomic E-state index is 6.07. The third-order valence-corrected chi connectivity index (χ3v) is 3.52. The Morgan fingerprint density at radius 2 is 2.20 bits per heavy atom. The molecule has 0 atom stereocenters. The van der Waals surface area contributed by atoms with E-state index >= 15 is 0 Å². The Balaban J connectivity index is 2.17. The van der Waals surface area contributed by atoms with Crippen LogP contribution in [0.1, 0.15) is 18.2 Å². The summed E-state index contributed by atoms with van der Waals surface area (Å²) in [4.78, 5) is 8.56. The van der Waals surface area contributed by atoms with Crippen LogP contribution in [0.25, 0.3) is 0 Å². The van der Waals surface area contributed by atoms with Crippen molar-refractivity contribution in [3.05, 3.63) is 45.1 Å². The third kappa shape index (κ3) is 3.91. The molecule has 1 N–H and O–H groups in total. The van der Waals surface area contributed by atoms with Gasteiger partial charge in [0.15, 0.2) is 5.75 Å². The summed E-state index contributed by atoms with van der Waals surface area (Å²) in [6.07, 6.45) is 1.77. The number of ether oxygens (including phenoxy) is 1. The molecule has 4 nitrogen and oxygen atoms in total. The molecule has 0 fully saturated rings. The first-order valence-corrected chi connectivity index (χ1v) is 7.43. The molecule has 0 unspecified atom stereocenters. The maximum Gasteiger partial charge on any atom is 0.322 e. The second kappa shape index (κ2) is 7.02. The van der Waals surface area contributed by atoms with Gasteiger partial charge in [0.2, 0.25) is 0 Å². The highest BCUT2D eigenvalue weighted by Gasteiger charge is 2.08. The lowest BCUT2D eigenvalue weighted by Crippen LogP contribution is -2.13. The van der Waals surface area contributed by atoms with Gasteiger partial charge in [-0.05, 0) is 31.7 Å². The predicted octanol–water partition coefficient (Wildman–Crippen LogP) is 4.10. The van der Waals surface area contributed by atoms with Crippen molar-refractivity contribution in [2.45, 2.75) is 20.4 Å². The molecule has 0 aliphatic heterocycles. The van der Waals surface area contributed by atoms with E-state index in [0.29, 0.717) is 16.8 Å². The summed E-state index contributed by atoms with van der Waals surface area (Å²) in [5, 5.41) is 3.76. The molecule has 2 rings (SSSR count). The Morgan fingerprint density at radius 3 is 2.90 bits per heavy atom. The number of nitrogens with zero attached hydrogens (tertiary/aromatic N) is 2. The fourth-order valence-electron chi connectivity index (χ4n) is 1.61. The highest BCUT2D eigenvalue weighted by atomic mass is 79.9. The molecule has 0 amide bonds. The van der Waals surface area contributed by atoms with Crippen molar-refractivity contribution < 1.29 is 4.74 Å². The van der Waals surface area contributed by atoms with Gasteiger partial charge in [-0.3, -0.25) is 0 Å². The van der Waals surface area contributed by atoms with E-state index in [-0.39, 0.29) is 0 Å². The van der Waals surface area contributed by atoms with Crippen LogP contribution >= 0.6 is 27.5 Å². The molecule has 0 aliphatic carbocycles. The van der Waals surface area contributed by atoms with Crippen molar-refractivity contribution in [2.75, 3.05) is 6.54 Å². The van der Waals surface area contributed by atoms with E-state index in [0.717, 1.165) is 28.8 Å². The monoisotopic (exact) mass is 355 g/mol. The second-order valence-corrected chi connectivity index (χ2v) is 5.54. The maximum absolute atomic E-state index is 6.07. The number of halogens is 2. The molecule has 0 aliphatic rings. The van der Waals surface area contributed by atoms with Crippen molar-refractivity contribution >= 4 is 27.5 Å². The second-order valence-electron chi connectivity index (χ2n) is 4.22. The molecule has 2 aromatic rings. The van der Waals surface area contributed by atoms with Crippen molar-refractivity contribution in [1.82, 2.24) is 15.3 Å². The number of hydrogen-bond donors (Lipinski definition) is 1. The van der Waals surface area contributed by atoms with Gasteiger partial charge in [-0.15, -0.1) is 0 Å². The molecule has 1 aromatic heterocycles. The van der Waals surface area contributed by atoms with E-state index in [9.17, 15) is 0 Å². The zero-order valence-corrected chi connectivity index (χ0v) is 13.6. The lowest BCUT2D eigenvalue weighted by Gasteiger charge is -2.09. The van der Waals surface area contributed by atoms with Gasteiger partial charge in [0, 0.05) is 28.5 Å². The summed E-state index contributed by atoms with van der Waals surface area (Å²) in [5.74, 6) is 0.528. The van der Waals surface area contributed by atoms with Crippen LogP contribution in [0, 0.1) is 6.92 Å². The first kappa shape index (κ1) is 15.2. The average molecular weight is 357 g/mol. The number of nitrogens with one attached hydrogen (secondary N) is 1. The van der Waals surface area contributed by atoms with Crippen LogP contribution in [-0.4, -0.2) is 16.5 Å². The fraction of sp³-hybridized carbons (Fsp3) is 0.286. The van der Waals surface area contributed by atoms with Gasteiger partial charge >= 0.3 is 6.01 Å². The summed E-state index contributed by atoms with van der Waals surface area (Å²) in [6, 6.07) is 5.68. The normalized spacial score (nSPS) is 10.6. The molecule has 0 radical (unpaired) electrons. The highest BCUT2D eigenvalue weighted by Crippen LogP contribution is 2.30. The van der Waals surface area contributed by atoms with Crippen LogP contribution in [0.3, 0.4) is 0 Å². The standard InChI is InChI=1S/C14H15BrClN3O/c1-3-17-7-10-8-18-14(19-9(10)2)20-13-6-11(15)4-5-12(13)16/h4-6,8,17H,3,7H2,1-2H3. The third-order valence-electron chi connectivity index (χ3n) is 2.72. The van der Waals surface area contributed by atoms with Gasteiger partial charge in [0.1, 0.15) is 0 Å². The smallest absolute Gasteiger partial charge is 0.322 e. The van der Waals surface area contributed by atoms with Crippen LogP contribution in [0.5, 0.6) is 11.8 Å². The summed E-state index contributed by atoms with van der Waals surface area (Å²) >= 11 is 9.45. The Kier molecular flexibility index (Phi) is 5.34. The average Bonchev–Trinajstić information content (AvgIpc) is 2.42. The molecule has 0 bridgehead atoms. The molecule has 0 spiro atoms. The summed E-state index contributed by atoms with van der Waals surface area (Å²) in [7, 11) is 0. The summed E-state index contributed by atoms with van der Waals surface area (Å²) in [5.41, 5.74) is 1.95. The number of rotatable bonds is 5. The molecular weight excluding hydrogens is 342 g/mol. The Bertz CT molecular complexity index is 607. The van der Waals surface area contributed by atoms with Crippen LogP contribution in [0.4, 0.5) is 0 Å². The molecule has 1 aromatic carbocycles. The largest absolute Gasteiger partial charge is 0.423 e. The lowest BCUT2D eigenvalue weighted by atomic mass is 10.2. The SMILES string of the molecule is CCNCc1cnc(Oc2cc(Br)ccc2Cl)nc1C. The molecule has 106 valence electrons. The Hall–Kier alpha value is -1.17. The van der Waals surface area contributed by atoms with E-state index in [1.54, 1.807) is 18.3 Å². The van der Waals surface area contributed by atoms with E-state index in [2.05, 4.69) is 38.1 Å². The first-order valence-electron chi connectivity index (χ1n) is 6.26. The molecule has 20 heavy (non-hydrogen) atoms. The van der Waals surface area contributed by atoms with Gasteiger partial charge in [-0.25, -0.2) is 4.98 Å². The summed E-state index contributed by atoms with van der Waals surface area (Å²) < 4.78 is 6.51. The molecule has 0 saturated heterocycles. The quantitative estimate of drug-likeness (QED) is 0.876. The van der Waals surface area contributed by atoms with E-state index in [4.69, 9.17) is 16.3 Å². The van der Waals surface area contributed by atoms with Crippen LogP contribution in [0.2, 0.25) is 5.02 Å². The van der Waals surface area contributed by atoms with E-state index < -0.39 is 0 Å². The lowest BCUT2D eigenvalue weighted by molar-refractivity contribution is 0.439. The van der Waals surface area contributed by atoms with Gasteiger partial charge in [-0.2, -0.15) is 4.98 Å². The van der Waals surface area contributed by atoms with E-state index in [1.165, 1.54) is 0 Å². The van der Waals surface area contributed by atoms with Crippen LogP contribution in [-0.2, 0) is 6.54 Å². The Labute approximate surface area is 131 Å². The topological polar surface area (TPSA) is 47.0 Å². The Morgan fingerprint density at radius 1 is 1.40 bits per heavy atom. The number of hydrogen-bond acceptors (Lipinski definition) is 4. The summed E-state index contributed by atoms with van der Waals surface area (Å²) in [6.45, 7) is 5.65. The predicted molar refractivity (Wildman–Crippen MR) is 83.4 cm³/mol. The minimum atomic E-state index is 0.294. The van der Waals surface area contributed by atoms with Gasteiger partial charge < -0.3 is 10.1 Å². The van der Waals surface area contributed by atoms with Crippen molar-refractivity contribution in [1.29, 1.82) is 0 Å². The van der Waals surface area contributed by atoms with Crippen molar-refractivity contribution in [2.24, 2.45) is 0 Å². The number of aryl methyl sites for hydroxylation is 1. The van der Waals surface area contributed by atoms with Crippen molar-refractivity contribution in [3.63, 3.8) is 0 Å². The number of aromatic nitrogens is 2. The van der Waals surface area contributed by atoms with Crippen molar-refractivity contribution in [3.8, 4) is 11.8 Å². The van der Waals surface area contributed by atoms with Gasteiger partial charge in [0.25, 0.3) is 0 Å². The number of benzene rings is 1. The van der Waals surface area contributed by atoms with Crippen LogP contribution < -0.4 is 10.1 Å². The van der Waals surface area contributed by atoms with Gasteiger partial charge in [-0.1, -0.05) is 34.5 Å². The van der Waals surface area contributed by atoms with Crippen LogP contribution in [0.15, 0.2) is 28.9 Å². The zero-order valence-electron chi connectivity index (χ0n) is 11.3. The first-order chi connectivity index (χ1) is 9.60. The minimum absolute atomic E-state index is 0.294. The zero-order chi connectivity index (χ0) is 14.5. The highest BCUT2D eigenvalue weighted by molar-refractivity contribution is 9.10. The molecule has 0 saturated carbocycles. The minimum Gasteiger partial charge on any atom is -0.423 e.